The van der Waals surface area contributed by atoms with Crippen LogP contribution in [-0.4, -0.2) is 37.6 Å². The van der Waals surface area contributed by atoms with Gasteiger partial charge in [-0.05, 0) is 55.5 Å². The van der Waals surface area contributed by atoms with Crippen molar-refractivity contribution in [3.05, 3.63) is 47.5 Å². The summed E-state index contributed by atoms with van der Waals surface area (Å²) in [7, 11) is 3.19. The second kappa shape index (κ2) is 8.33. The zero-order valence-electron chi connectivity index (χ0n) is 17.0. The van der Waals surface area contributed by atoms with Crippen molar-refractivity contribution in [2.75, 3.05) is 20.8 Å². The summed E-state index contributed by atoms with van der Waals surface area (Å²) in [6.07, 6.45) is 4.68. The van der Waals surface area contributed by atoms with E-state index in [0.717, 1.165) is 24.9 Å². The van der Waals surface area contributed by atoms with E-state index in [-0.39, 0.29) is 12.5 Å². The van der Waals surface area contributed by atoms with Crippen molar-refractivity contribution in [2.45, 2.75) is 38.3 Å². The molecule has 2 aromatic rings. The number of hydrogen-bond donors (Lipinski definition) is 1. The number of rotatable bonds is 6. The summed E-state index contributed by atoms with van der Waals surface area (Å²) in [6.45, 7) is 1.13. The van der Waals surface area contributed by atoms with Crippen molar-refractivity contribution in [3.63, 3.8) is 0 Å². The standard InChI is InChI=1S/C23H28N2O4/c1-27-19-7-4-8-20(18(19)13-24)29-22-12-16(9-10-21(22)28-2)23(26)25-14-15-5-3-6-17(25)11-15/h4,7-10,12,15,17H,3,5-6,11,13-14,24H2,1-2H3/t15-,17+/m1/s1. The Morgan fingerprint density at radius 1 is 1.07 bits per heavy atom. The SMILES string of the molecule is COc1ccc(C(=O)N2C[C@@H]3CCC[C@H]2C3)cc1Oc1cccc(OC)c1CN. The zero-order valence-corrected chi connectivity index (χ0v) is 17.0. The first-order chi connectivity index (χ1) is 14.1. The second-order valence-corrected chi connectivity index (χ2v) is 7.75. The molecule has 0 aromatic heterocycles. The van der Waals surface area contributed by atoms with Crippen LogP contribution in [0.5, 0.6) is 23.0 Å². The predicted octanol–water partition coefficient (Wildman–Crippen LogP) is 3.97. The van der Waals surface area contributed by atoms with Crippen LogP contribution in [0.1, 0.15) is 41.6 Å². The average Bonchev–Trinajstić information content (AvgIpc) is 3.05. The largest absolute Gasteiger partial charge is 0.496 e. The van der Waals surface area contributed by atoms with Gasteiger partial charge in [-0.3, -0.25) is 4.79 Å². The zero-order chi connectivity index (χ0) is 20.4. The summed E-state index contributed by atoms with van der Waals surface area (Å²) in [5.41, 5.74) is 7.29. The van der Waals surface area contributed by atoms with Gasteiger partial charge in [-0.25, -0.2) is 0 Å². The Balaban J connectivity index is 1.63. The first kappa shape index (κ1) is 19.6. The Morgan fingerprint density at radius 3 is 2.59 bits per heavy atom. The number of likely N-dealkylation sites (tertiary alicyclic amines) is 1. The van der Waals surface area contributed by atoms with Crippen LogP contribution in [0.4, 0.5) is 0 Å². The van der Waals surface area contributed by atoms with Crippen LogP contribution in [0.15, 0.2) is 36.4 Å². The number of amides is 1. The summed E-state index contributed by atoms with van der Waals surface area (Å²) >= 11 is 0. The summed E-state index contributed by atoms with van der Waals surface area (Å²) < 4.78 is 17.0. The summed E-state index contributed by atoms with van der Waals surface area (Å²) in [5.74, 6) is 3.02. The quantitative estimate of drug-likeness (QED) is 0.800. The summed E-state index contributed by atoms with van der Waals surface area (Å²) in [4.78, 5) is 15.2. The van der Waals surface area contributed by atoms with Crippen molar-refractivity contribution in [1.82, 2.24) is 4.90 Å². The Labute approximate surface area is 171 Å². The fourth-order valence-corrected chi connectivity index (χ4v) is 4.59. The molecule has 2 fully saturated rings. The Hall–Kier alpha value is -2.73. The molecule has 4 rings (SSSR count). The van der Waals surface area contributed by atoms with E-state index < -0.39 is 0 Å². The van der Waals surface area contributed by atoms with Gasteiger partial charge in [0, 0.05) is 24.7 Å². The number of fused-ring (bicyclic) bond motifs is 2. The molecule has 2 N–H and O–H groups in total. The molecule has 2 aromatic carbocycles. The van der Waals surface area contributed by atoms with Crippen LogP contribution >= 0.6 is 0 Å². The molecule has 1 aliphatic carbocycles. The van der Waals surface area contributed by atoms with E-state index in [0.29, 0.717) is 40.5 Å². The molecule has 2 bridgehead atoms. The molecule has 154 valence electrons. The number of carbonyl (C=O) groups excluding carboxylic acids is 1. The van der Waals surface area contributed by atoms with Crippen molar-refractivity contribution < 1.29 is 19.0 Å². The smallest absolute Gasteiger partial charge is 0.254 e. The monoisotopic (exact) mass is 396 g/mol. The minimum absolute atomic E-state index is 0.0663. The van der Waals surface area contributed by atoms with E-state index in [1.807, 2.05) is 29.2 Å². The third-order valence-corrected chi connectivity index (χ3v) is 6.06. The molecular weight excluding hydrogens is 368 g/mol. The minimum atomic E-state index is 0.0663. The molecule has 0 spiro atoms. The van der Waals surface area contributed by atoms with Crippen LogP contribution in [0.2, 0.25) is 0 Å². The van der Waals surface area contributed by atoms with Gasteiger partial charge in [0.1, 0.15) is 11.5 Å². The van der Waals surface area contributed by atoms with Crippen molar-refractivity contribution in [2.24, 2.45) is 11.7 Å². The molecule has 1 heterocycles. The Kier molecular flexibility index (Phi) is 5.62. The molecule has 0 unspecified atom stereocenters. The molecule has 1 aliphatic heterocycles. The van der Waals surface area contributed by atoms with Gasteiger partial charge >= 0.3 is 0 Å². The molecule has 6 heteroatoms. The fourth-order valence-electron chi connectivity index (χ4n) is 4.59. The lowest BCUT2D eigenvalue weighted by Gasteiger charge is -2.25. The first-order valence-corrected chi connectivity index (χ1v) is 10.2. The topological polar surface area (TPSA) is 74.0 Å². The van der Waals surface area contributed by atoms with Crippen LogP contribution in [0, 0.1) is 5.92 Å². The van der Waals surface area contributed by atoms with E-state index in [4.69, 9.17) is 19.9 Å². The fraction of sp³-hybridized carbons (Fsp3) is 0.435. The molecule has 1 saturated carbocycles. The van der Waals surface area contributed by atoms with Gasteiger partial charge in [-0.1, -0.05) is 12.5 Å². The number of benzene rings is 2. The van der Waals surface area contributed by atoms with E-state index in [2.05, 4.69) is 0 Å². The van der Waals surface area contributed by atoms with Crippen molar-refractivity contribution in [3.8, 4) is 23.0 Å². The lowest BCUT2D eigenvalue weighted by Crippen LogP contribution is -2.35. The normalized spacial score (nSPS) is 20.4. The molecule has 29 heavy (non-hydrogen) atoms. The van der Waals surface area contributed by atoms with Crippen molar-refractivity contribution in [1.29, 1.82) is 0 Å². The second-order valence-electron chi connectivity index (χ2n) is 7.75. The molecule has 1 amide bonds. The van der Waals surface area contributed by atoms with Gasteiger partial charge < -0.3 is 24.8 Å². The van der Waals surface area contributed by atoms with Crippen molar-refractivity contribution >= 4 is 5.91 Å². The number of hydrogen-bond acceptors (Lipinski definition) is 5. The number of methoxy groups -OCH3 is 2. The van der Waals surface area contributed by atoms with Gasteiger partial charge in [0.05, 0.1) is 19.8 Å². The highest BCUT2D eigenvalue weighted by Gasteiger charge is 2.38. The average molecular weight is 396 g/mol. The van der Waals surface area contributed by atoms with Gasteiger partial charge in [-0.2, -0.15) is 0 Å². The van der Waals surface area contributed by atoms with E-state index in [1.165, 1.54) is 12.8 Å². The first-order valence-electron chi connectivity index (χ1n) is 10.2. The van der Waals surface area contributed by atoms with Crippen LogP contribution in [-0.2, 0) is 6.54 Å². The van der Waals surface area contributed by atoms with Crippen LogP contribution in [0.25, 0.3) is 0 Å². The lowest BCUT2D eigenvalue weighted by atomic mass is 9.90. The maximum Gasteiger partial charge on any atom is 0.254 e. The molecule has 2 aliphatic rings. The molecule has 0 radical (unpaired) electrons. The lowest BCUT2D eigenvalue weighted by molar-refractivity contribution is 0.0733. The summed E-state index contributed by atoms with van der Waals surface area (Å²) in [5, 5.41) is 0. The van der Waals surface area contributed by atoms with Gasteiger partial charge in [-0.15, -0.1) is 0 Å². The molecule has 1 saturated heterocycles. The number of nitrogens with zero attached hydrogens (tertiary/aromatic N) is 1. The Bertz CT molecular complexity index is 898. The Morgan fingerprint density at radius 2 is 1.86 bits per heavy atom. The summed E-state index contributed by atoms with van der Waals surface area (Å²) in [6, 6.07) is 11.3. The maximum atomic E-state index is 13.2. The highest BCUT2D eigenvalue weighted by atomic mass is 16.5. The van der Waals surface area contributed by atoms with E-state index in [1.54, 1.807) is 26.4 Å². The minimum Gasteiger partial charge on any atom is -0.496 e. The van der Waals surface area contributed by atoms with E-state index >= 15 is 0 Å². The van der Waals surface area contributed by atoms with Crippen LogP contribution < -0.4 is 19.9 Å². The van der Waals surface area contributed by atoms with Crippen LogP contribution in [0.3, 0.4) is 0 Å². The van der Waals surface area contributed by atoms with E-state index in [9.17, 15) is 4.79 Å². The maximum absolute atomic E-state index is 13.2. The number of nitrogens with two attached hydrogens (primary N) is 1. The number of ether oxygens (including phenoxy) is 3. The van der Waals surface area contributed by atoms with Gasteiger partial charge in [0.15, 0.2) is 11.5 Å². The third-order valence-electron chi connectivity index (χ3n) is 6.06. The molecule has 2 atom stereocenters. The molecule has 6 nitrogen and oxygen atoms in total. The third kappa shape index (κ3) is 3.77. The highest BCUT2D eigenvalue weighted by molar-refractivity contribution is 5.95. The highest BCUT2D eigenvalue weighted by Crippen LogP contribution is 2.39. The predicted molar refractivity (Wildman–Crippen MR) is 111 cm³/mol. The molecular formula is C23H28N2O4. The number of carbonyl (C=O) groups is 1. The van der Waals surface area contributed by atoms with Gasteiger partial charge in [0.25, 0.3) is 5.91 Å². The van der Waals surface area contributed by atoms with Gasteiger partial charge in [0.2, 0.25) is 0 Å².